The van der Waals surface area contributed by atoms with Crippen LogP contribution in [0.15, 0.2) is 41.2 Å². The van der Waals surface area contributed by atoms with Crippen molar-refractivity contribution in [2.45, 2.75) is 50.7 Å². The standard InChI is InChI=1S/C26H22F6N6O3/c1-13-17(11-33-20(34-13)8-16-12-38(24(28)29)36-23(16)40-2)14-3-4-15(18(27)7-14)9-22(39)35-21-10-19(41-37-21)25(5-6-25)26(30,31)32/h3-4,7,10-12,24H,5-6,8-9H2,1-2H3,(H,35,37,39). The first kappa shape index (κ1) is 28.1. The van der Waals surface area contributed by atoms with Gasteiger partial charge in [0.05, 0.1) is 13.5 Å². The number of ether oxygens (including phenoxy) is 1. The number of carbonyl (C=O) groups is 1. The molecule has 1 fully saturated rings. The highest BCUT2D eigenvalue weighted by Gasteiger charge is 2.66. The highest BCUT2D eigenvalue weighted by atomic mass is 19.4. The van der Waals surface area contributed by atoms with Crippen LogP contribution in [0.25, 0.3) is 11.1 Å². The molecule has 0 bridgehead atoms. The number of alkyl halides is 5. The zero-order chi connectivity index (χ0) is 29.5. The number of anilines is 1. The van der Waals surface area contributed by atoms with E-state index in [4.69, 9.17) is 9.26 Å². The number of hydrogen-bond donors (Lipinski definition) is 1. The molecule has 0 saturated heterocycles. The number of methoxy groups -OCH3 is 1. The first-order valence-corrected chi connectivity index (χ1v) is 12.3. The molecular formula is C26H22F6N6O3. The lowest BCUT2D eigenvalue weighted by Gasteiger charge is -2.14. The molecular weight excluding hydrogens is 558 g/mol. The molecule has 1 aliphatic carbocycles. The van der Waals surface area contributed by atoms with Gasteiger partial charge >= 0.3 is 12.7 Å². The van der Waals surface area contributed by atoms with Crippen LogP contribution in [0.4, 0.5) is 32.2 Å². The van der Waals surface area contributed by atoms with Gasteiger partial charge in [-0.15, -0.1) is 5.10 Å². The van der Waals surface area contributed by atoms with Gasteiger partial charge in [0.2, 0.25) is 11.8 Å². The van der Waals surface area contributed by atoms with Crippen molar-refractivity contribution >= 4 is 11.7 Å². The van der Waals surface area contributed by atoms with E-state index in [0.29, 0.717) is 32.9 Å². The van der Waals surface area contributed by atoms with Gasteiger partial charge in [0, 0.05) is 41.7 Å². The third-order valence-corrected chi connectivity index (χ3v) is 6.80. The van der Waals surface area contributed by atoms with Crippen molar-refractivity contribution < 1.29 is 40.4 Å². The highest BCUT2D eigenvalue weighted by Crippen LogP contribution is 2.59. The molecule has 0 unspecified atom stereocenters. The smallest absolute Gasteiger partial charge is 0.401 e. The van der Waals surface area contributed by atoms with Gasteiger partial charge in [-0.25, -0.2) is 19.0 Å². The van der Waals surface area contributed by atoms with Gasteiger partial charge in [0.1, 0.15) is 17.1 Å². The van der Waals surface area contributed by atoms with Crippen LogP contribution < -0.4 is 10.1 Å². The number of aryl methyl sites for hydroxylation is 1. The molecule has 3 heterocycles. The van der Waals surface area contributed by atoms with E-state index in [9.17, 15) is 31.1 Å². The lowest BCUT2D eigenvalue weighted by molar-refractivity contribution is -0.165. The number of aromatic nitrogens is 5. The molecule has 1 N–H and O–H groups in total. The molecule has 4 aromatic rings. The predicted molar refractivity (Wildman–Crippen MR) is 131 cm³/mol. The molecule has 1 aromatic carbocycles. The summed E-state index contributed by atoms with van der Waals surface area (Å²) >= 11 is 0. The van der Waals surface area contributed by atoms with Crippen LogP contribution in [0.5, 0.6) is 5.88 Å². The summed E-state index contributed by atoms with van der Waals surface area (Å²) in [7, 11) is 1.31. The van der Waals surface area contributed by atoms with E-state index in [2.05, 4.69) is 25.5 Å². The van der Waals surface area contributed by atoms with Gasteiger partial charge in [-0.05, 0) is 37.0 Å². The minimum absolute atomic E-state index is 0.0226. The molecule has 0 aliphatic heterocycles. The molecule has 1 aliphatic rings. The average molecular weight is 580 g/mol. The zero-order valence-electron chi connectivity index (χ0n) is 21.6. The normalized spacial score (nSPS) is 14.4. The van der Waals surface area contributed by atoms with Crippen molar-refractivity contribution in [2.24, 2.45) is 0 Å². The van der Waals surface area contributed by atoms with Crippen molar-refractivity contribution in [1.82, 2.24) is 24.9 Å². The predicted octanol–water partition coefficient (Wildman–Crippen LogP) is 5.55. The van der Waals surface area contributed by atoms with Gasteiger partial charge in [-0.3, -0.25) is 4.79 Å². The summed E-state index contributed by atoms with van der Waals surface area (Å²) in [6.45, 7) is -1.16. The van der Waals surface area contributed by atoms with E-state index < -0.39 is 36.3 Å². The van der Waals surface area contributed by atoms with Gasteiger partial charge in [0.15, 0.2) is 11.6 Å². The number of nitrogens with one attached hydrogen (secondary N) is 1. The number of rotatable bonds is 9. The van der Waals surface area contributed by atoms with Crippen molar-refractivity contribution in [2.75, 3.05) is 12.4 Å². The summed E-state index contributed by atoms with van der Waals surface area (Å²) < 4.78 is 91.0. The lowest BCUT2D eigenvalue weighted by Crippen LogP contribution is -2.28. The van der Waals surface area contributed by atoms with E-state index in [1.54, 1.807) is 13.0 Å². The molecule has 5 rings (SSSR count). The number of amides is 1. The summed E-state index contributed by atoms with van der Waals surface area (Å²) in [5, 5.41) is 9.49. The van der Waals surface area contributed by atoms with E-state index in [0.717, 1.165) is 12.3 Å². The second kappa shape index (κ2) is 10.5. The molecule has 0 spiro atoms. The minimum atomic E-state index is -4.49. The van der Waals surface area contributed by atoms with Crippen molar-refractivity contribution in [3.63, 3.8) is 0 Å². The van der Waals surface area contributed by atoms with Crippen LogP contribution in [-0.2, 0) is 23.1 Å². The van der Waals surface area contributed by atoms with Crippen molar-refractivity contribution in [3.05, 3.63) is 70.9 Å². The molecule has 41 heavy (non-hydrogen) atoms. The summed E-state index contributed by atoms with van der Waals surface area (Å²) in [5.41, 5.74) is -0.232. The van der Waals surface area contributed by atoms with Crippen LogP contribution in [0.3, 0.4) is 0 Å². The SMILES string of the molecule is COc1nn(C(F)F)cc1Cc1ncc(-c2ccc(CC(=O)Nc3cc(C4(C(F)(F)F)CC4)on3)c(F)c2)c(C)n1. The Hall–Kier alpha value is -4.43. The molecule has 216 valence electrons. The van der Waals surface area contributed by atoms with Gasteiger partial charge < -0.3 is 14.6 Å². The minimum Gasteiger partial charge on any atom is -0.480 e. The fourth-order valence-corrected chi connectivity index (χ4v) is 4.43. The molecule has 0 atom stereocenters. The second-order valence-corrected chi connectivity index (χ2v) is 9.57. The fourth-order valence-electron chi connectivity index (χ4n) is 4.43. The quantitative estimate of drug-likeness (QED) is 0.259. The highest BCUT2D eigenvalue weighted by molar-refractivity contribution is 5.91. The Morgan fingerprint density at radius 3 is 2.59 bits per heavy atom. The maximum Gasteiger partial charge on any atom is 0.401 e. The van der Waals surface area contributed by atoms with Crippen LogP contribution in [0.1, 0.15) is 47.8 Å². The molecule has 0 radical (unpaired) electrons. The summed E-state index contributed by atoms with van der Waals surface area (Å²) in [6, 6.07) is 5.21. The summed E-state index contributed by atoms with van der Waals surface area (Å²) in [5.74, 6) is -1.62. The summed E-state index contributed by atoms with van der Waals surface area (Å²) in [4.78, 5) is 21.1. The first-order valence-electron chi connectivity index (χ1n) is 12.3. The molecule has 1 saturated carbocycles. The van der Waals surface area contributed by atoms with Gasteiger partial charge in [0.25, 0.3) is 0 Å². The number of nitrogens with zero attached hydrogens (tertiary/aromatic N) is 5. The van der Waals surface area contributed by atoms with E-state index in [1.165, 1.54) is 25.4 Å². The van der Waals surface area contributed by atoms with Crippen molar-refractivity contribution in [1.29, 1.82) is 0 Å². The van der Waals surface area contributed by atoms with E-state index >= 15 is 0 Å². The number of carbonyl (C=O) groups excluding carboxylic acids is 1. The van der Waals surface area contributed by atoms with Crippen LogP contribution in [0, 0.1) is 12.7 Å². The van der Waals surface area contributed by atoms with Crippen LogP contribution in [-0.4, -0.2) is 44.1 Å². The molecule has 15 heteroatoms. The average Bonchev–Trinajstić information content (AvgIpc) is 3.44. The third-order valence-electron chi connectivity index (χ3n) is 6.80. The Bertz CT molecular complexity index is 1590. The molecule has 3 aromatic heterocycles. The number of benzene rings is 1. The van der Waals surface area contributed by atoms with Crippen LogP contribution >= 0.6 is 0 Å². The second-order valence-electron chi connectivity index (χ2n) is 9.57. The molecule has 9 nitrogen and oxygen atoms in total. The molecule has 1 amide bonds. The Morgan fingerprint density at radius 2 is 1.98 bits per heavy atom. The summed E-state index contributed by atoms with van der Waals surface area (Å²) in [6.07, 6.45) is -2.44. The zero-order valence-corrected chi connectivity index (χ0v) is 21.6. The number of halogens is 6. The van der Waals surface area contributed by atoms with Crippen LogP contribution in [0.2, 0.25) is 0 Å². The largest absolute Gasteiger partial charge is 0.480 e. The van der Waals surface area contributed by atoms with E-state index in [-0.39, 0.29) is 42.3 Å². The number of hydrogen-bond acceptors (Lipinski definition) is 7. The topological polar surface area (TPSA) is 108 Å². The van der Waals surface area contributed by atoms with E-state index in [1.807, 2.05) is 0 Å². The van der Waals surface area contributed by atoms with Gasteiger partial charge in [-0.1, -0.05) is 17.3 Å². The first-order chi connectivity index (χ1) is 19.4. The Balaban J connectivity index is 1.25. The maximum atomic E-state index is 14.9. The monoisotopic (exact) mass is 580 g/mol. The fraction of sp³-hybridized carbons (Fsp3) is 0.346. The maximum absolute atomic E-state index is 14.9. The van der Waals surface area contributed by atoms with Crippen molar-refractivity contribution in [3.8, 4) is 17.0 Å². The Kier molecular flexibility index (Phi) is 7.21. The van der Waals surface area contributed by atoms with Gasteiger partial charge in [-0.2, -0.15) is 22.0 Å². The Labute approximate surface area is 228 Å². The Morgan fingerprint density at radius 1 is 1.22 bits per heavy atom. The lowest BCUT2D eigenvalue weighted by atomic mass is 10.0. The third kappa shape index (κ3) is 5.60.